The largest absolute Gasteiger partial charge is 0.493 e. The summed E-state index contributed by atoms with van der Waals surface area (Å²) in [5.41, 5.74) is 1.68. The number of alkyl halides is 1. The number of halogens is 3. The Labute approximate surface area is 130 Å². The van der Waals surface area contributed by atoms with Crippen LogP contribution in [0.5, 0.6) is 11.5 Å². The third-order valence-corrected chi connectivity index (χ3v) is 3.79. The van der Waals surface area contributed by atoms with Crippen molar-refractivity contribution in [2.45, 2.75) is 11.9 Å². The lowest BCUT2D eigenvalue weighted by atomic mass is 10.2. The van der Waals surface area contributed by atoms with Crippen molar-refractivity contribution in [3.05, 3.63) is 58.4 Å². The quantitative estimate of drug-likeness (QED) is 0.702. The maximum absolute atomic E-state index is 13.2. The lowest BCUT2D eigenvalue weighted by Crippen LogP contribution is -1.99. The van der Waals surface area contributed by atoms with Gasteiger partial charge in [-0.05, 0) is 35.9 Å². The minimum absolute atomic E-state index is 0.181. The minimum Gasteiger partial charge on any atom is -0.493 e. The lowest BCUT2D eigenvalue weighted by molar-refractivity contribution is 0.284. The van der Waals surface area contributed by atoms with Gasteiger partial charge in [0.1, 0.15) is 12.4 Å². The van der Waals surface area contributed by atoms with E-state index in [1.54, 1.807) is 7.11 Å². The molecule has 20 heavy (non-hydrogen) atoms. The zero-order valence-electron chi connectivity index (χ0n) is 10.8. The number of rotatable bonds is 5. The van der Waals surface area contributed by atoms with Gasteiger partial charge in [-0.2, -0.15) is 0 Å². The molecular weight excluding hydrogens is 347 g/mol. The molecule has 0 unspecified atom stereocenters. The molecule has 0 saturated carbocycles. The Morgan fingerprint density at radius 1 is 1.15 bits per heavy atom. The molecule has 2 aromatic carbocycles. The van der Waals surface area contributed by atoms with Crippen LogP contribution in [-0.2, 0) is 11.9 Å². The van der Waals surface area contributed by atoms with E-state index in [9.17, 15) is 4.39 Å². The van der Waals surface area contributed by atoms with Crippen molar-refractivity contribution in [3.8, 4) is 11.5 Å². The van der Waals surface area contributed by atoms with Crippen molar-refractivity contribution in [1.29, 1.82) is 0 Å². The van der Waals surface area contributed by atoms with E-state index in [4.69, 9.17) is 21.1 Å². The van der Waals surface area contributed by atoms with Crippen molar-refractivity contribution in [2.75, 3.05) is 7.11 Å². The summed E-state index contributed by atoms with van der Waals surface area (Å²) in [5, 5.41) is 1.21. The van der Waals surface area contributed by atoms with Crippen molar-refractivity contribution in [3.63, 3.8) is 0 Å². The first-order chi connectivity index (χ1) is 9.63. The van der Waals surface area contributed by atoms with Crippen LogP contribution in [0.4, 0.5) is 4.39 Å². The molecule has 0 saturated heterocycles. The van der Waals surface area contributed by atoms with Gasteiger partial charge in [0.2, 0.25) is 0 Å². The summed E-state index contributed by atoms with van der Waals surface area (Å²) < 4.78 is 24.1. The van der Waals surface area contributed by atoms with Crippen LogP contribution in [0.3, 0.4) is 0 Å². The zero-order chi connectivity index (χ0) is 14.5. The number of hydrogen-bond acceptors (Lipinski definition) is 2. The maximum Gasteiger partial charge on any atom is 0.161 e. The van der Waals surface area contributed by atoms with Crippen LogP contribution in [-0.4, -0.2) is 7.11 Å². The summed E-state index contributed by atoms with van der Waals surface area (Å²) in [4.78, 5) is 0. The number of methoxy groups -OCH3 is 1. The number of hydrogen-bond donors (Lipinski definition) is 0. The summed E-state index contributed by atoms with van der Waals surface area (Å²) >= 11 is 9.38. The summed E-state index contributed by atoms with van der Waals surface area (Å²) in [5.74, 6) is 0.890. The SMILES string of the molecule is COc1cc(CBr)ccc1OCc1cc(F)ccc1Cl. The van der Waals surface area contributed by atoms with E-state index < -0.39 is 0 Å². The monoisotopic (exact) mass is 358 g/mol. The van der Waals surface area contributed by atoms with E-state index in [2.05, 4.69) is 15.9 Å². The molecule has 0 aliphatic carbocycles. The van der Waals surface area contributed by atoms with E-state index in [1.807, 2.05) is 18.2 Å². The van der Waals surface area contributed by atoms with Gasteiger partial charge in [0.05, 0.1) is 7.11 Å². The fourth-order valence-corrected chi connectivity index (χ4v) is 2.24. The van der Waals surface area contributed by atoms with Crippen LogP contribution in [0.1, 0.15) is 11.1 Å². The molecule has 0 radical (unpaired) electrons. The Bertz CT molecular complexity index is 604. The molecular formula is C15H13BrClFO2. The van der Waals surface area contributed by atoms with Gasteiger partial charge in [-0.25, -0.2) is 4.39 Å². The molecule has 0 aromatic heterocycles. The molecule has 0 N–H and O–H groups in total. The Kier molecular flexibility index (Phi) is 5.26. The molecule has 0 atom stereocenters. The molecule has 0 heterocycles. The Morgan fingerprint density at radius 3 is 2.65 bits per heavy atom. The third kappa shape index (κ3) is 3.64. The summed E-state index contributed by atoms with van der Waals surface area (Å²) in [6, 6.07) is 9.83. The summed E-state index contributed by atoms with van der Waals surface area (Å²) in [6.45, 7) is 0.181. The van der Waals surface area contributed by atoms with Gasteiger partial charge in [-0.15, -0.1) is 0 Å². The molecule has 0 aliphatic rings. The molecule has 106 valence electrons. The topological polar surface area (TPSA) is 18.5 Å². The van der Waals surface area contributed by atoms with E-state index in [1.165, 1.54) is 18.2 Å². The summed E-state index contributed by atoms with van der Waals surface area (Å²) in [6.07, 6.45) is 0. The van der Waals surface area contributed by atoms with Gasteiger partial charge in [0.25, 0.3) is 0 Å². The number of ether oxygens (including phenoxy) is 2. The summed E-state index contributed by atoms with van der Waals surface area (Å²) in [7, 11) is 1.58. The van der Waals surface area contributed by atoms with Crippen LogP contribution in [0.15, 0.2) is 36.4 Å². The predicted molar refractivity (Wildman–Crippen MR) is 81.4 cm³/mol. The first kappa shape index (κ1) is 15.1. The van der Waals surface area contributed by atoms with Crippen LogP contribution in [0.25, 0.3) is 0 Å². The molecule has 2 rings (SSSR count). The van der Waals surface area contributed by atoms with Crippen LogP contribution in [0, 0.1) is 5.82 Å². The second kappa shape index (κ2) is 6.95. The standard InChI is InChI=1S/C15H13BrClFO2/c1-19-15-6-10(8-16)2-5-14(15)20-9-11-7-12(18)3-4-13(11)17/h2-7H,8-9H2,1H3. The predicted octanol–water partition coefficient (Wildman–Crippen LogP) is 4.96. The molecule has 5 heteroatoms. The van der Waals surface area contributed by atoms with Gasteiger partial charge >= 0.3 is 0 Å². The second-order valence-electron chi connectivity index (χ2n) is 4.14. The highest BCUT2D eigenvalue weighted by Gasteiger charge is 2.08. The molecule has 0 aliphatic heterocycles. The van der Waals surface area contributed by atoms with Crippen molar-refractivity contribution < 1.29 is 13.9 Å². The van der Waals surface area contributed by atoms with Crippen LogP contribution < -0.4 is 9.47 Å². The fraction of sp³-hybridized carbons (Fsp3) is 0.200. The highest BCUT2D eigenvalue weighted by molar-refractivity contribution is 9.08. The molecule has 0 amide bonds. The minimum atomic E-state index is -0.338. The van der Waals surface area contributed by atoms with Crippen LogP contribution in [0.2, 0.25) is 5.02 Å². The molecule has 0 spiro atoms. The van der Waals surface area contributed by atoms with Crippen molar-refractivity contribution in [1.82, 2.24) is 0 Å². The second-order valence-corrected chi connectivity index (χ2v) is 5.11. The molecule has 0 bridgehead atoms. The Balaban J connectivity index is 2.16. The smallest absolute Gasteiger partial charge is 0.161 e. The highest BCUT2D eigenvalue weighted by Crippen LogP contribution is 2.30. The normalized spacial score (nSPS) is 10.4. The average molecular weight is 360 g/mol. The maximum atomic E-state index is 13.2. The Morgan fingerprint density at radius 2 is 1.95 bits per heavy atom. The lowest BCUT2D eigenvalue weighted by Gasteiger charge is -2.12. The van der Waals surface area contributed by atoms with Crippen molar-refractivity contribution in [2.24, 2.45) is 0 Å². The first-order valence-corrected chi connectivity index (χ1v) is 7.43. The van der Waals surface area contributed by atoms with E-state index in [0.717, 1.165) is 10.9 Å². The third-order valence-electron chi connectivity index (χ3n) is 2.77. The Hall–Kier alpha value is -1.26. The van der Waals surface area contributed by atoms with Gasteiger partial charge in [-0.1, -0.05) is 33.6 Å². The fourth-order valence-electron chi connectivity index (χ4n) is 1.72. The molecule has 2 aromatic rings. The van der Waals surface area contributed by atoms with Gasteiger partial charge in [0.15, 0.2) is 11.5 Å². The van der Waals surface area contributed by atoms with E-state index >= 15 is 0 Å². The molecule has 0 fully saturated rings. The van der Waals surface area contributed by atoms with Gasteiger partial charge in [0, 0.05) is 15.9 Å². The van der Waals surface area contributed by atoms with Crippen molar-refractivity contribution >= 4 is 27.5 Å². The first-order valence-electron chi connectivity index (χ1n) is 5.93. The van der Waals surface area contributed by atoms with E-state index in [0.29, 0.717) is 22.1 Å². The number of benzene rings is 2. The zero-order valence-corrected chi connectivity index (χ0v) is 13.2. The van der Waals surface area contributed by atoms with E-state index in [-0.39, 0.29) is 12.4 Å². The molecule has 2 nitrogen and oxygen atoms in total. The van der Waals surface area contributed by atoms with Gasteiger partial charge in [-0.3, -0.25) is 0 Å². The highest BCUT2D eigenvalue weighted by atomic mass is 79.9. The van der Waals surface area contributed by atoms with Gasteiger partial charge < -0.3 is 9.47 Å². The average Bonchev–Trinajstić information content (AvgIpc) is 2.48. The van der Waals surface area contributed by atoms with Crippen LogP contribution >= 0.6 is 27.5 Å².